The van der Waals surface area contributed by atoms with Crippen LogP contribution in [0.1, 0.15) is 26.7 Å². The number of nitrogens with zero attached hydrogens (tertiary/aromatic N) is 5. The van der Waals surface area contributed by atoms with Crippen LogP contribution in [0.5, 0.6) is 0 Å². The molecule has 1 amide bonds. The third-order valence-corrected chi connectivity index (χ3v) is 6.29. The van der Waals surface area contributed by atoms with Gasteiger partial charge in [-0.15, -0.1) is 0 Å². The van der Waals surface area contributed by atoms with Crippen LogP contribution in [0.25, 0.3) is 0 Å². The normalized spacial score (nSPS) is 18.8. The van der Waals surface area contributed by atoms with Crippen LogP contribution in [0.15, 0.2) is 45.5 Å². The Labute approximate surface area is 193 Å². The lowest BCUT2D eigenvalue weighted by Gasteiger charge is -2.33. The van der Waals surface area contributed by atoms with Crippen molar-refractivity contribution in [3.05, 3.63) is 30.3 Å². The van der Waals surface area contributed by atoms with E-state index in [-0.39, 0.29) is 12.1 Å². The van der Waals surface area contributed by atoms with Crippen LogP contribution in [0.2, 0.25) is 0 Å². The number of carbonyl (C=O) groups is 1. The maximum atomic E-state index is 11.6. The zero-order valence-corrected chi connectivity index (χ0v) is 19.6. The van der Waals surface area contributed by atoms with Gasteiger partial charge in [0, 0.05) is 61.4 Å². The molecular formula is C22H30N8OS. The Morgan fingerprint density at radius 1 is 1.19 bits per heavy atom. The van der Waals surface area contributed by atoms with Gasteiger partial charge in [-0.1, -0.05) is 6.92 Å². The zero-order chi connectivity index (χ0) is 22.5. The quantitative estimate of drug-likeness (QED) is 0.550. The summed E-state index contributed by atoms with van der Waals surface area (Å²) in [6.07, 6.45) is 1.32. The summed E-state index contributed by atoms with van der Waals surface area (Å²) in [4.78, 5) is 26.9. The average Bonchev–Trinajstić information content (AvgIpc) is 3.19. The standard InChI is InChI=1S/C22H30N8OS/c1-4-21(31)23-16-5-7-17(8-6-16)32-22-25-18(24-19-13-15(2)27-28-19)14-20(26-22)30-11-9-29(3)10-12-30/h5-8,14,19,28H,4,9-13H2,1-3H3,(H,23,31)(H,24,25,26). The molecule has 2 aliphatic heterocycles. The molecule has 4 rings (SSSR count). The van der Waals surface area contributed by atoms with Gasteiger partial charge in [-0.3, -0.25) is 10.2 Å². The lowest BCUT2D eigenvalue weighted by Crippen LogP contribution is -2.45. The molecule has 0 aliphatic carbocycles. The molecule has 1 aromatic carbocycles. The van der Waals surface area contributed by atoms with Gasteiger partial charge in [0.25, 0.3) is 0 Å². The minimum Gasteiger partial charge on any atom is -0.354 e. The number of anilines is 3. The van der Waals surface area contributed by atoms with Gasteiger partial charge in [-0.25, -0.2) is 9.97 Å². The number of hydrogen-bond acceptors (Lipinski definition) is 9. The van der Waals surface area contributed by atoms with Crippen molar-refractivity contribution >= 4 is 40.7 Å². The fraction of sp³-hybridized carbons (Fsp3) is 0.455. The van der Waals surface area contributed by atoms with Gasteiger partial charge in [0.1, 0.15) is 17.8 Å². The van der Waals surface area contributed by atoms with E-state index in [0.29, 0.717) is 11.6 Å². The number of piperazine rings is 1. The maximum absolute atomic E-state index is 11.6. The number of carbonyl (C=O) groups excluding carboxylic acids is 1. The van der Waals surface area contributed by atoms with Gasteiger partial charge in [0.05, 0.1) is 0 Å². The summed E-state index contributed by atoms with van der Waals surface area (Å²) < 4.78 is 0. The van der Waals surface area contributed by atoms with Gasteiger partial charge in [0.15, 0.2) is 5.16 Å². The number of aromatic nitrogens is 2. The smallest absolute Gasteiger partial charge is 0.224 e. The van der Waals surface area contributed by atoms with E-state index in [9.17, 15) is 4.79 Å². The summed E-state index contributed by atoms with van der Waals surface area (Å²) >= 11 is 1.51. The number of benzene rings is 1. The predicted molar refractivity (Wildman–Crippen MR) is 130 cm³/mol. The van der Waals surface area contributed by atoms with Crippen molar-refractivity contribution in [3.8, 4) is 0 Å². The second-order valence-corrected chi connectivity index (χ2v) is 9.13. The molecule has 1 atom stereocenters. The highest BCUT2D eigenvalue weighted by molar-refractivity contribution is 7.99. The maximum Gasteiger partial charge on any atom is 0.224 e. The minimum atomic E-state index is 0.00377. The molecule has 0 radical (unpaired) electrons. The fourth-order valence-corrected chi connectivity index (χ4v) is 4.29. The van der Waals surface area contributed by atoms with E-state index in [2.05, 4.69) is 38.0 Å². The minimum absolute atomic E-state index is 0.00377. The van der Waals surface area contributed by atoms with E-state index in [0.717, 1.165) is 60.5 Å². The Morgan fingerprint density at radius 2 is 1.94 bits per heavy atom. The Kier molecular flexibility index (Phi) is 7.11. The molecule has 3 N–H and O–H groups in total. The first-order valence-electron chi connectivity index (χ1n) is 10.9. The number of hydrazone groups is 1. The van der Waals surface area contributed by atoms with Crippen LogP contribution in [0.3, 0.4) is 0 Å². The van der Waals surface area contributed by atoms with E-state index in [1.807, 2.05) is 44.2 Å². The first kappa shape index (κ1) is 22.3. The first-order valence-corrected chi connectivity index (χ1v) is 11.8. The van der Waals surface area contributed by atoms with Gasteiger partial charge in [-0.2, -0.15) is 5.10 Å². The number of amides is 1. The van der Waals surface area contributed by atoms with Crippen molar-refractivity contribution < 1.29 is 4.79 Å². The SMILES string of the molecule is CCC(=O)Nc1ccc(Sc2nc(NC3CC(C)=NN3)cc(N3CCN(C)CC3)n2)cc1. The number of hydrogen-bond donors (Lipinski definition) is 3. The topological polar surface area (TPSA) is 97.8 Å². The van der Waals surface area contributed by atoms with Crippen LogP contribution in [0, 0.1) is 0 Å². The second kappa shape index (κ2) is 10.2. The highest BCUT2D eigenvalue weighted by atomic mass is 32.2. The molecule has 1 saturated heterocycles. The highest BCUT2D eigenvalue weighted by Gasteiger charge is 2.20. The molecule has 3 heterocycles. The molecule has 1 unspecified atom stereocenters. The molecule has 170 valence electrons. The third-order valence-electron chi connectivity index (χ3n) is 5.42. The Bertz CT molecular complexity index is 972. The van der Waals surface area contributed by atoms with E-state index < -0.39 is 0 Å². The Morgan fingerprint density at radius 3 is 2.59 bits per heavy atom. The summed E-state index contributed by atoms with van der Waals surface area (Å²) in [5.74, 6) is 1.72. The van der Waals surface area contributed by atoms with Gasteiger partial charge >= 0.3 is 0 Å². The average molecular weight is 455 g/mol. The summed E-state index contributed by atoms with van der Waals surface area (Å²) in [6.45, 7) is 7.75. The van der Waals surface area contributed by atoms with Crippen LogP contribution in [-0.2, 0) is 4.79 Å². The molecule has 1 fully saturated rings. The Hall–Kier alpha value is -2.85. The third kappa shape index (κ3) is 5.89. The van der Waals surface area contributed by atoms with Crippen molar-refractivity contribution in [1.82, 2.24) is 20.3 Å². The molecule has 2 aromatic rings. The lowest BCUT2D eigenvalue weighted by molar-refractivity contribution is -0.115. The number of nitrogens with one attached hydrogen (secondary N) is 3. The molecule has 9 nitrogen and oxygen atoms in total. The van der Waals surface area contributed by atoms with Crippen molar-refractivity contribution in [2.75, 3.05) is 48.8 Å². The van der Waals surface area contributed by atoms with Gasteiger partial charge in [0.2, 0.25) is 5.91 Å². The molecular weight excluding hydrogens is 424 g/mol. The second-order valence-electron chi connectivity index (χ2n) is 8.09. The molecule has 32 heavy (non-hydrogen) atoms. The summed E-state index contributed by atoms with van der Waals surface area (Å²) in [7, 11) is 2.15. The molecule has 10 heteroatoms. The van der Waals surface area contributed by atoms with Crippen molar-refractivity contribution in [1.29, 1.82) is 0 Å². The van der Waals surface area contributed by atoms with Crippen LogP contribution in [-0.4, -0.2) is 65.9 Å². The van der Waals surface area contributed by atoms with Crippen LogP contribution >= 0.6 is 11.8 Å². The van der Waals surface area contributed by atoms with Crippen molar-refractivity contribution in [2.24, 2.45) is 5.10 Å². The molecule has 0 bridgehead atoms. The van der Waals surface area contributed by atoms with Crippen molar-refractivity contribution in [2.45, 2.75) is 42.9 Å². The van der Waals surface area contributed by atoms with E-state index in [1.54, 1.807) is 0 Å². The van der Waals surface area contributed by atoms with E-state index in [4.69, 9.17) is 9.97 Å². The van der Waals surface area contributed by atoms with Gasteiger partial charge < -0.3 is 20.4 Å². The summed E-state index contributed by atoms with van der Waals surface area (Å²) in [5.41, 5.74) is 4.97. The van der Waals surface area contributed by atoms with Crippen LogP contribution < -0.4 is 21.0 Å². The van der Waals surface area contributed by atoms with E-state index in [1.165, 1.54) is 11.8 Å². The summed E-state index contributed by atoms with van der Waals surface area (Å²) in [6, 6.07) is 9.79. The molecule has 1 aromatic heterocycles. The Balaban J connectivity index is 1.52. The largest absolute Gasteiger partial charge is 0.354 e. The fourth-order valence-electron chi connectivity index (χ4n) is 3.53. The zero-order valence-electron chi connectivity index (χ0n) is 18.8. The predicted octanol–water partition coefficient (Wildman–Crippen LogP) is 2.84. The number of likely N-dealkylation sites (N-methyl/N-ethyl adjacent to an activating group) is 1. The lowest BCUT2D eigenvalue weighted by atomic mass is 10.2. The van der Waals surface area contributed by atoms with E-state index >= 15 is 0 Å². The summed E-state index contributed by atoms with van der Waals surface area (Å²) in [5, 5.41) is 11.3. The van der Waals surface area contributed by atoms with Crippen LogP contribution in [0.4, 0.5) is 17.3 Å². The molecule has 2 aliphatic rings. The first-order chi connectivity index (χ1) is 15.5. The van der Waals surface area contributed by atoms with Crippen molar-refractivity contribution in [3.63, 3.8) is 0 Å². The molecule has 0 saturated carbocycles. The molecule has 0 spiro atoms. The highest BCUT2D eigenvalue weighted by Crippen LogP contribution is 2.29. The monoisotopic (exact) mass is 454 g/mol. The number of rotatable bonds is 7. The van der Waals surface area contributed by atoms with Gasteiger partial charge in [-0.05, 0) is 50.0 Å².